The van der Waals surface area contributed by atoms with Crippen LogP contribution in [0.3, 0.4) is 0 Å². The second-order valence-corrected chi connectivity index (χ2v) is 15.6. The molecule has 0 amide bonds. The summed E-state index contributed by atoms with van der Waals surface area (Å²) in [6, 6.07) is 5.87. The van der Waals surface area contributed by atoms with Crippen LogP contribution in [0.15, 0.2) is 24.3 Å². The zero-order valence-corrected chi connectivity index (χ0v) is 30.2. The van der Waals surface area contributed by atoms with E-state index in [1.165, 1.54) is 31.4 Å². The van der Waals surface area contributed by atoms with Crippen molar-refractivity contribution >= 4 is 27.5 Å². The lowest BCUT2D eigenvalue weighted by molar-refractivity contribution is -0.143. The number of fused-ring (bicyclic) bond motifs is 5. The number of piperidine rings is 1. The molecule has 4 aromatic rings. The van der Waals surface area contributed by atoms with E-state index in [4.69, 9.17) is 40.1 Å². The number of hydrogen-bond donors (Lipinski definition) is 1. The van der Waals surface area contributed by atoms with Gasteiger partial charge in [0.15, 0.2) is 11.6 Å². The maximum atomic E-state index is 17.2. The first kappa shape index (κ1) is 34.4. The van der Waals surface area contributed by atoms with E-state index < -0.39 is 17.4 Å². The number of pyridine rings is 1. The van der Waals surface area contributed by atoms with Gasteiger partial charge in [0.05, 0.1) is 50.7 Å². The van der Waals surface area contributed by atoms with Gasteiger partial charge in [-0.1, -0.05) is 18.4 Å². The number of methoxy groups -OCH3 is 1. The molecule has 0 spiro atoms. The molecule has 2 aromatic heterocycles. The van der Waals surface area contributed by atoms with Gasteiger partial charge < -0.3 is 33.7 Å². The van der Waals surface area contributed by atoms with E-state index in [0.29, 0.717) is 49.0 Å². The van der Waals surface area contributed by atoms with Crippen LogP contribution in [0.25, 0.3) is 32.9 Å². The number of phenolic OH excluding ortho intramolecular Hbond substituents is 1. The first-order valence-corrected chi connectivity index (χ1v) is 18.5. The van der Waals surface area contributed by atoms with Crippen molar-refractivity contribution in [3.63, 3.8) is 0 Å². The molecule has 53 heavy (non-hydrogen) atoms. The highest BCUT2D eigenvalue weighted by Gasteiger charge is 2.50. The molecule has 5 unspecified atom stereocenters. The standard InChI is InChI=1S/C40H43F2N5O6/c1-5-27-29(41)10-9-22-14-24(48)16-28(31(22)27)34-33(42)35-32(37(43-34)49-4)36(47-18-25-15-23(47)19-50-25)45-38(44-35)51-21-40-11-6-8-30(40)46(13-7-12-40)17-26-20-52-39(2,3)53-26/h1,9-10,14,16,23,25-26,30,48H,6-8,11-13,15,17-21H2,2-4H3. The lowest BCUT2D eigenvalue weighted by Crippen LogP contribution is -2.54. The van der Waals surface area contributed by atoms with Crippen molar-refractivity contribution < 1.29 is 37.6 Å². The second-order valence-electron chi connectivity index (χ2n) is 15.6. The van der Waals surface area contributed by atoms with Gasteiger partial charge in [0.25, 0.3) is 0 Å². The summed E-state index contributed by atoms with van der Waals surface area (Å²) in [6.45, 7) is 7.71. The Hall–Kier alpha value is -4.35. The minimum absolute atomic E-state index is 0.00563. The number of aromatic hydroxyl groups is 1. The maximum Gasteiger partial charge on any atom is 0.319 e. The zero-order chi connectivity index (χ0) is 36.6. The van der Waals surface area contributed by atoms with Crippen LogP contribution in [-0.4, -0.2) is 102 Å². The minimum Gasteiger partial charge on any atom is -0.508 e. The number of halogens is 2. The van der Waals surface area contributed by atoms with E-state index in [1.54, 1.807) is 0 Å². The molecule has 1 aliphatic carbocycles. The monoisotopic (exact) mass is 727 g/mol. The van der Waals surface area contributed by atoms with Gasteiger partial charge in [-0.15, -0.1) is 6.42 Å². The van der Waals surface area contributed by atoms with Gasteiger partial charge in [-0.2, -0.15) is 9.97 Å². The van der Waals surface area contributed by atoms with Crippen LogP contribution in [-0.2, 0) is 14.2 Å². The number of likely N-dealkylation sites (tertiary alicyclic amines) is 1. The quantitative estimate of drug-likeness (QED) is 0.217. The first-order valence-electron chi connectivity index (χ1n) is 18.5. The summed E-state index contributed by atoms with van der Waals surface area (Å²) in [5, 5.41) is 11.7. The molecule has 2 aromatic carbocycles. The fraction of sp³-hybridized carbons (Fsp3) is 0.525. The molecule has 11 nitrogen and oxygen atoms in total. The number of anilines is 1. The SMILES string of the molecule is C#Cc1c(F)ccc2cc(O)cc(-c3nc(OC)c4c(N5CC6CC5CO6)nc(OCC56CCCC5N(CC5COC(C)(C)O5)CCC6)nc4c3F)c12. The third kappa shape index (κ3) is 5.82. The number of rotatable bonds is 8. The summed E-state index contributed by atoms with van der Waals surface area (Å²) < 4.78 is 62.7. The zero-order valence-electron chi connectivity index (χ0n) is 30.2. The molecule has 5 aliphatic rings. The van der Waals surface area contributed by atoms with Crippen LogP contribution in [0.5, 0.6) is 17.6 Å². The highest BCUT2D eigenvalue weighted by molar-refractivity contribution is 6.04. The Morgan fingerprint density at radius 1 is 1.09 bits per heavy atom. The number of aromatic nitrogens is 3. The van der Waals surface area contributed by atoms with Crippen LogP contribution in [0.2, 0.25) is 0 Å². The number of ether oxygens (including phenoxy) is 5. The highest BCUT2D eigenvalue weighted by Crippen LogP contribution is 2.49. The Kier molecular flexibility index (Phi) is 8.38. The predicted molar refractivity (Wildman–Crippen MR) is 193 cm³/mol. The molecular weight excluding hydrogens is 684 g/mol. The number of nitrogens with zero attached hydrogens (tertiary/aromatic N) is 5. The van der Waals surface area contributed by atoms with E-state index >= 15 is 8.78 Å². The van der Waals surface area contributed by atoms with Gasteiger partial charge in [0, 0.05) is 35.5 Å². The van der Waals surface area contributed by atoms with E-state index in [2.05, 4.69) is 20.7 Å². The lowest BCUT2D eigenvalue weighted by Gasteiger charge is -2.46. The number of hydrogen-bond acceptors (Lipinski definition) is 11. The van der Waals surface area contributed by atoms with Crippen molar-refractivity contribution in [3.05, 3.63) is 41.5 Å². The fourth-order valence-electron chi connectivity index (χ4n) is 9.67. The van der Waals surface area contributed by atoms with Gasteiger partial charge in [-0.3, -0.25) is 4.90 Å². The first-order chi connectivity index (χ1) is 25.6. The Morgan fingerprint density at radius 2 is 1.94 bits per heavy atom. The molecule has 0 radical (unpaired) electrons. The van der Waals surface area contributed by atoms with Crippen LogP contribution in [0, 0.1) is 29.4 Å². The molecule has 2 bridgehead atoms. The average Bonchev–Trinajstić information content (AvgIpc) is 3.95. The van der Waals surface area contributed by atoms with Crippen LogP contribution in [0.4, 0.5) is 14.6 Å². The molecule has 278 valence electrons. The van der Waals surface area contributed by atoms with Gasteiger partial charge in [0.2, 0.25) is 5.88 Å². The second kappa shape index (κ2) is 12.9. The molecule has 1 N–H and O–H groups in total. The summed E-state index contributed by atoms with van der Waals surface area (Å²) >= 11 is 0. The summed E-state index contributed by atoms with van der Waals surface area (Å²) in [6.07, 6.45) is 11.8. The number of terminal acetylenes is 1. The Morgan fingerprint density at radius 3 is 2.68 bits per heavy atom. The van der Waals surface area contributed by atoms with Crippen molar-refractivity contribution in [1.82, 2.24) is 19.9 Å². The Labute approximate surface area is 306 Å². The number of benzene rings is 2. The largest absolute Gasteiger partial charge is 0.508 e. The third-order valence-corrected chi connectivity index (χ3v) is 11.9. The van der Waals surface area contributed by atoms with Crippen molar-refractivity contribution in [2.75, 3.05) is 51.5 Å². The fourth-order valence-corrected chi connectivity index (χ4v) is 9.67. The number of phenols is 1. The smallest absolute Gasteiger partial charge is 0.319 e. The Bertz CT molecular complexity index is 2160. The molecular formula is C40H43F2N5O6. The summed E-state index contributed by atoms with van der Waals surface area (Å²) in [5.74, 6) is 0.749. The molecule has 4 saturated heterocycles. The maximum absolute atomic E-state index is 17.2. The molecule has 13 heteroatoms. The predicted octanol–water partition coefficient (Wildman–Crippen LogP) is 5.96. The third-order valence-electron chi connectivity index (χ3n) is 11.9. The van der Waals surface area contributed by atoms with Gasteiger partial charge >= 0.3 is 6.01 Å². The van der Waals surface area contributed by atoms with E-state index in [0.717, 1.165) is 51.6 Å². The summed E-state index contributed by atoms with van der Waals surface area (Å²) in [7, 11) is 1.45. The molecule has 5 atom stereocenters. The summed E-state index contributed by atoms with van der Waals surface area (Å²) in [4.78, 5) is 19.0. The molecule has 4 aliphatic heterocycles. The van der Waals surface area contributed by atoms with Gasteiger partial charge in [-0.05, 0) is 76.1 Å². The van der Waals surface area contributed by atoms with Crippen molar-refractivity contribution in [2.24, 2.45) is 5.41 Å². The van der Waals surface area contributed by atoms with Gasteiger partial charge in [-0.25, -0.2) is 13.8 Å². The average molecular weight is 728 g/mol. The molecule has 5 fully saturated rings. The Balaban J connectivity index is 1.13. The molecule has 6 heterocycles. The van der Waals surface area contributed by atoms with Crippen LogP contribution in [0.1, 0.15) is 57.9 Å². The lowest BCUT2D eigenvalue weighted by atomic mass is 9.75. The molecule has 9 rings (SSSR count). The van der Waals surface area contributed by atoms with Crippen LogP contribution < -0.4 is 14.4 Å². The van der Waals surface area contributed by atoms with E-state index in [-0.39, 0.29) is 69.0 Å². The van der Waals surface area contributed by atoms with Crippen molar-refractivity contribution in [1.29, 1.82) is 0 Å². The number of morpholine rings is 1. The topological polar surface area (TPSA) is 112 Å². The summed E-state index contributed by atoms with van der Waals surface area (Å²) in [5.41, 5.74) is -0.338. The molecule has 1 saturated carbocycles. The van der Waals surface area contributed by atoms with Gasteiger partial charge in [0.1, 0.15) is 34.0 Å². The van der Waals surface area contributed by atoms with E-state index in [1.807, 2.05) is 13.8 Å². The minimum atomic E-state index is -0.795. The van der Waals surface area contributed by atoms with E-state index in [9.17, 15) is 5.11 Å². The van der Waals surface area contributed by atoms with Crippen molar-refractivity contribution in [3.8, 4) is 41.2 Å². The normalized spacial score (nSPS) is 27.8. The van der Waals surface area contributed by atoms with Crippen molar-refractivity contribution in [2.45, 2.75) is 82.5 Å². The van der Waals surface area contributed by atoms with Crippen LogP contribution >= 0.6 is 0 Å². The highest BCUT2D eigenvalue weighted by atomic mass is 19.1.